The lowest BCUT2D eigenvalue weighted by Crippen LogP contribution is -2.37. The fourth-order valence-corrected chi connectivity index (χ4v) is 1.68. The van der Waals surface area contributed by atoms with Crippen molar-refractivity contribution in [1.82, 2.24) is 5.48 Å². The molecule has 1 saturated carbocycles. The van der Waals surface area contributed by atoms with Crippen LogP contribution in [0.2, 0.25) is 0 Å². The SMILES string of the molecule is C#CCONC1CCCCC1C. The molecule has 0 heterocycles. The Morgan fingerprint density at radius 3 is 2.92 bits per heavy atom. The highest BCUT2D eigenvalue weighted by Gasteiger charge is 2.20. The van der Waals surface area contributed by atoms with Crippen molar-refractivity contribution in [2.24, 2.45) is 5.92 Å². The molecule has 1 aliphatic rings. The maximum absolute atomic E-state index is 5.11. The summed E-state index contributed by atoms with van der Waals surface area (Å²) in [5, 5.41) is 0. The van der Waals surface area contributed by atoms with Crippen molar-refractivity contribution in [3.63, 3.8) is 0 Å². The molecule has 2 nitrogen and oxygen atoms in total. The Balaban J connectivity index is 2.16. The van der Waals surface area contributed by atoms with Gasteiger partial charge in [-0.15, -0.1) is 6.42 Å². The van der Waals surface area contributed by atoms with Gasteiger partial charge in [-0.1, -0.05) is 25.7 Å². The van der Waals surface area contributed by atoms with E-state index in [1.165, 1.54) is 25.7 Å². The first-order valence-corrected chi connectivity index (χ1v) is 4.65. The minimum absolute atomic E-state index is 0.364. The summed E-state index contributed by atoms with van der Waals surface area (Å²) < 4.78 is 0. The van der Waals surface area contributed by atoms with Crippen molar-refractivity contribution < 1.29 is 4.84 Å². The topological polar surface area (TPSA) is 21.3 Å². The van der Waals surface area contributed by atoms with Gasteiger partial charge in [-0.3, -0.25) is 4.84 Å². The summed E-state index contributed by atoms with van der Waals surface area (Å²) in [6, 6.07) is 0.507. The highest BCUT2D eigenvalue weighted by molar-refractivity contribution is 4.83. The van der Waals surface area contributed by atoms with E-state index >= 15 is 0 Å². The van der Waals surface area contributed by atoms with E-state index in [1.54, 1.807) is 0 Å². The van der Waals surface area contributed by atoms with E-state index in [0.29, 0.717) is 12.6 Å². The van der Waals surface area contributed by atoms with Crippen molar-refractivity contribution in [3.8, 4) is 12.3 Å². The van der Waals surface area contributed by atoms with Crippen LogP contribution in [-0.4, -0.2) is 12.6 Å². The Hall–Kier alpha value is -0.520. The first-order valence-electron chi connectivity index (χ1n) is 4.65. The minimum atomic E-state index is 0.364. The molecule has 1 fully saturated rings. The second kappa shape index (κ2) is 5.18. The lowest BCUT2D eigenvalue weighted by Gasteiger charge is -2.28. The first-order chi connectivity index (χ1) is 5.84. The van der Waals surface area contributed by atoms with Crippen LogP contribution in [0.25, 0.3) is 0 Å². The zero-order valence-corrected chi connectivity index (χ0v) is 7.68. The van der Waals surface area contributed by atoms with Gasteiger partial charge in [-0.25, -0.2) is 0 Å². The predicted octanol–water partition coefficient (Wildman–Crippen LogP) is 1.72. The number of hydrogen-bond donors (Lipinski definition) is 1. The molecule has 68 valence electrons. The third-order valence-electron chi connectivity index (χ3n) is 2.50. The largest absolute Gasteiger partial charge is 0.289 e. The van der Waals surface area contributed by atoms with E-state index < -0.39 is 0 Å². The third kappa shape index (κ3) is 2.84. The highest BCUT2D eigenvalue weighted by Crippen LogP contribution is 2.23. The number of hydroxylamine groups is 1. The average molecular weight is 167 g/mol. The molecular weight excluding hydrogens is 150 g/mol. The van der Waals surface area contributed by atoms with Crippen LogP contribution in [0.3, 0.4) is 0 Å². The van der Waals surface area contributed by atoms with E-state index in [-0.39, 0.29) is 0 Å². The van der Waals surface area contributed by atoms with Crippen LogP contribution in [0, 0.1) is 18.3 Å². The normalized spacial score (nSPS) is 29.7. The standard InChI is InChI=1S/C10H17NO/c1-3-8-12-11-10-7-5-4-6-9(10)2/h1,9-11H,4-8H2,2H3. The van der Waals surface area contributed by atoms with Crippen LogP contribution in [0.4, 0.5) is 0 Å². The fraction of sp³-hybridized carbons (Fsp3) is 0.800. The maximum atomic E-state index is 5.11. The summed E-state index contributed by atoms with van der Waals surface area (Å²) in [7, 11) is 0. The molecule has 1 N–H and O–H groups in total. The highest BCUT2D eigenvalue weighted by atomic mass is 16.6. The average Bonchev–Trinajstić information content (AvgIpc) is 2.09. The van der Waals surface area contributed by atoms with Crippen LogP contribution < -0.4 is 5.48 Å². The fourth-order valence-electron chi connectivity index (χ4n) is 1.68. The molecule has 0 radical (unpaired) electrons. The van der Waals surface area contributed by atoms with Gasteiger partial charge in [-0.2, -0.15) is 5.48 Å². The second-order valence-corrected chi connectivity index (χ2v) is 3.48. The molecule has 0 amide bonds. The van der Waals surface area contributed by atoms with E-state index in [9.17, 15) is 0 Å². The molecule has 2 heteroatoms. The smallest absolute Gasteiger partial charge is 0.128 e. The van der Waals surface area contributed by atoms with Gasteiger partial charge in [0.2, 0.25) is 0 Å². The van der Waals surface area contributed by atoms with Gasteiger partial charge in [0.15, 0.2) is 0 Å². The van der Waals surface area contributed by atoms with Gasteiger partial charge in [0.05, 0.1) is 0 Å². The molecule has 0 aromatic carbocycles. The molecule has 0 aromatic rings. The molecule has 2 unspecified atom stereocenters. The van der Waals surface area contributed by atoms with Gasteiger partial charge in [0.1, 0.15) is 6.61 Å². The Bertz CT molecular complexity index is 162. The van der Waals surface area contributed by atoms with Crippen LogP contribution in [-0.2, 0) is 4.84 Å². The van der Waals surface area contributed by atoms with Crippen molar-refractivity contribution in [2.45, 2.75) is 38.6 Å². The van der Waals surface area contributed by atoms with Crippen molar-refractivity contribution >= 4 is 0 Å². The summed E-state index contributed by atoms with van der Waals surface area (Å²) >= 11 is 0. The summed E-state index contributed by atoms with van der Waals surface area (Å²) in [6.45, 7) is 2.62. The van der Waals surface area contributed by atoms with Crippen molar-refractivity contribution in [2.75, 3.05) is 6.61 Å². The van der Waals surface area contributed by atoms with E-state index in [4.69, 9.17) is 11.3 Å². The van der Waals surface area contributed by atoms with Gasteiger partial charge in [0.25, 0.3) is 0 Å². The van der Waals surface area contributed by atoms with Crippen LogP contribution in [0.5, 0.6) is 0 Å². The first kappa shape index (κ1) is 9.57. The molecule has 0 aromatic heterocycles. The Labute approximate surface area is 74.6 Å². The zero-order valence-electron chi connectivity index (χ0n) is 7.68. The van der Waals surface area contributed by atoms with E-state index in [0.717, 1.165) is 5.92 Å². The van der Waals surface area contributed by atoms with Gasteiger partial charge < -0.3 is 0 Å². The van der Waals surface area contributed by atoms with E-state index in [2.05, 4.69) is 18.3 Å². The van der Waals surface area contributed by atoms with Gasteiger partial charge >= 0.3 is 0 Å². The van der Waals surface area contributed by atoms with Crippen LogP contribution in [0.15, 0.2) is 0 Å². The molecule has 0 aliphatic heterocycles. The van der Waals surface area contributed by atoms with Gasteiger partial charge in [-0.05, 0) is 18.8 Å². The quantitative estimate of drug-likeness (QED) is 0.392. The van der Waals surface area contributed by atoms with Crippen molar-refractivity contribution in [1.29, 1.82) is 0 Å². The molecule has 2 atom stereocenters. The predicted molar refractivity (Wildman–Crippen MR) is 49.3 cm³/mol. The summed E-state index contributed by atoms with van der Waals surface area (Å²) in [6.07, 6.45) is 10.2. The summed E-state index contributed by atoms with van der Waals surface area (Å²) in [5.74, 6) is 3.16. The molecule has 0 saturated heterocycles. The number of terminal acetylenes is 1. The number of rotatable bonds is 3. The molecule has 0 bridgehead atoms. The summed E-state index contributed by atoms with van der Waals surface area (Å²) in [4.78, 5) is 5.11. The Morgan fingerprint density at radius 2 is 2.25 bits per heavy atom. The van der Waals surface area contributed by atoms with E-state index in [1.807, 2.05) is 0 Å². The molecule has 0 spiro atoms. The second-order valence-electron chi connectivity index (χ2n) is 3.48. The summed E-state index contributed by atoms with van der Waals surface area (Å²) in [5.41, 5.74) is 3.03. The number of nitrogens with one attached hydrogen (secondary N) is 1. The van der Waals surface area contributed by atoms with Crippen LogP contribution in [0.1, 0.15) is 32.6 Å². The molecule has 12 heavy (non-hydrogen) atoms. The molecule has 1 rings (SSSR count). The minimum Gasteiger partial charge on any atom is -0.289 e. The Kier molecular flexibility index (Phi) is 4.13. The zero-order chi connectivity index (χ0) is 8.81. The maximum Gasteiger partial charge on any atom is 0.128 e. The monoisotopic (exact) mass is 167 g/mol. The van der Waals surface area contributed by atoms with Crippen LogP contribution >= 0.6 is 0 Å². The molecular formula is C10H17NO. The van der Waals surface area contributed by atoms with Gasteiger partial charge in [0, 0.05) is 6.04 Å². The molecule has 1 aliphatic carbocycles. The van der Waals surface area contributed by atoms with Crippen molar-refractivity contribution in [3.05, 3.63) is 0 Å². The number of hydrogen-bond acceptors (Lipinski definition) is 2. The Morgan fingerprint density at radius 1 is 1.50 bits per heavy atom. The lowest BCUT2D eigenvalue weighted by molar-refractivity contribution is 0.0123. The lowest BCUT2D eigenvalue weighted by atomic mass is 9.86. The third-order valence-corrected chi connectivity index (χ3v) is 2.50.